The summed E-state index contributed by atoms with van der Waals surface area (Å²) in [6.07, 6.45) is 5.56. The number of rotatable bonds is 6. The molecule has 8 heteroatoms. The summed E-state index contributed by atoms with van der Waals surface area (Å²) in [6.45, 7) is 2.30. The fourth-order valence-corrected chi connectivity index (χ4v) is 4.10. The lowest BCUT2D eigenvalue weighted by Crippen LogP contribution is -2.27. The first-order chi connectivity index (χ1) is 15.0. The van der Waals surface area contributed by atoms with Crippen molar-refractivity contribution in [3.05, 3.63) is 71.8 Å². The van der Waals surface area contributed by atoms with Crippen molar-refractivity contribution < 1.29 is 9.53 Å². The van der Waals surface area contributed by atoms with Gasteiger partial charge in [-0.3, -0.25) is 9.78 Å². The van der Waals surface area contributed by atoms with Crippen LogP contribution < -0.4 is 4.74 Å². The van der Waals surface area contributed by atoms with E-state index in [0.717, 1.165) is 32.7 Å². The molecule has 0 aliphatic heterocycles. The minimum absolute atomic E-state index is 0.182. The second kappa shape index (κ2) is 8.77. The summed E-state index contributed by atoms with van der Waals surface area (Å²) in [7, 11) is 3.41. The third kappa shape index (κ3) is 3.98. The van der Waals surface area contributed by atoms with Gasteiger partial charge in [0.05, 0.1) is 18.5 Å². The molecule has 0 aliphatic carbocycles. The van der Waals surface area contributed by atoms with Crippen LogP contribution in [0.4, 0.5) is 0 Å². The summed E-state index contributed by atoms with van der Waals surface area (Å²) < 4.78 is 7.16. The van der Waals surface area contributed by atoms with Crippen molar-refractivity contribution >= 4 is 28.4 Å². The Hall–Kier alpha value is -3.39. The number of hydrogen-bond acceptors (Lipinski definition) is 6. The fourth-order valence-electron chi connectivity index (χ4n) is 3.55. The van der Waals surface area contributed by atoms with Crippen molar-refractivity contribution in [1.82, 2.24) is 24.9 Å². The lowest BCUT2D eigenvalue weighted by Gasteiger charge is -2.17. The minimum Gasteiger partial charge on any atom is -0.496 e. The van der Waals surface area contributed by atoms with Crippen LogP contribution >= 0.6 is 11.8 Å². The van der Waals surface area contributed by atoms with Crippen LogP contribution in [0.2, 0.25) is 0 Å². The molecule has 0 radical (unpaired) electrons. The maximum Gasteiger partial charge on any atom is 0.276 e. The second-order valence-corrected chi connectivity index (χ2v) is 8.01. The number of fused-ring (bicyclic) bond motifs is 1. The summed E-state index contributed by atoms with van der Waals surface area (Å²) in [6, 6.07) is 13.8. The standard InChI is InChI=1S/C23H23N5O2S/c1-15-22(23(29)27(2)14-16-8-9-21(31-4)20(12-16)30-3)25-26-28(15)19-7-5-6-17-13-24-11-10-18(17)19/h5-13H,14H2,1-4H3. The van der Waals surface area contributed by atoms with Crippen LogP contribution in [0.1, 0.15) is 21.7 Å². The van der Waals surface area contributed by atoms with Crippen molar-refractivity contribution in [3.8, 4) is 11.4 Å². The van der Waals surface area contributed by atoms with Gasteiger partial charge in [-0.2, -0.15) is 0 Å². The first kappa shape index (κ1) is 20.9. The van der Waals surface area contributed by atoms with E-state index in [-0.39, 0.29) is 5.91 Å². The van der Waals surface area contributed by atoms with Gasteiger partial charge in [-0.1, -0.05) is 23.4 Å². The number of pyridine rings is 1. The van der Waals surface area contributed by atoms with E-state index >= 15 is 0 Å². The zero-order valence-electron chi connectivity index (χ0n) is 17.9. The Morgan fingerprint density at radius 2 is 2.06 bits per heavy atom. The van der Waals surface area contributed by atoms with Crippen LogP contribution in [-0.4, -0.2) is 51.2 Å². The topological polar surface area (TPSA) is 73.1 Å². The summed E-state index contributed by atoms with van der Waals surface area (Å²) >= 11 is 1.62. The zero-order chi connectivity index (χ0) is 22.0. The van der Waals surface area contributed by atoms with Gasteiger partial charge >= 0.3 is 0 Å². The highest BCUT2D eigenvalue weighted by Crippen LogP contribution is 2.29. The van der Waals surface area contributed by atoms with Gasteiger partial charge in [-0.05, 0) is 43.0 Å². The highest BCUT2D eigenvalue weighted by Gasteiger charge is 2.22. The molecule has 4 rings (SSSR count). The summed E-state index contributed by atoms with van der Waals surface area (Å²) in [5.74, 6) is 0.622. The van der Waals surface area contributed by atoms with E-state index in [9.17, 15) is 4.79 Å². The number of benzene rings is 2. The Labute approximate surface area is 185 Å². The van der Waals surface area contributed by atoms with Gasteiger partial charge in [0, 0.05) is 41.7 Å². The largest absolute Gasteiger partial charge is 0.496 e. The smallest absolute Gasteiger partial charge is 0.276 e. The van der Waals surface area contributed by atoms with Gasteiger partial charge in [0.25, 0.3) is 5.91 Å². The summed E-state index contributed by atoms with van der Waals surface area (Å²) in [5, 5.41) is 10.5. The molecule has 4 aromatic rings. The first-order valence-electron chi connectivity index (χ1n) is 9.75. The Bertz CT molecular complexity index is 1250. The number of carbonyl (C=O) groups excluding carboxylic acids is 1. The molecule has 158 valence electrons. The maximum atomic E-state index is 13.1. The third-order valence-electron chi connectivity index (χ3n) is 5.20. The lowest BCUT2D eigenvalue weighted by atomic mass is 10.1. The van der Waals surface area contributed by atoms with Crippen LogP contribution in [0.25, 0.3) is 16.5 Å². The normalized spacial score (nSPS) is 11.0. The predicted octanol–water partition coefficient (Wildman–Crippen LogP) is 4.13. The average molecular weight is 434 g/mol. The van der Waals surface area contributed by atoms with E-state index < -0.39 is 0 Å². The van der Waals surface area contributed by atoms with Crippen LogP contribution in [0.3, 0.4) is 0 Å². The van der Waals surface area contributed by atoms with E-state index in [0.29, 0.717) is 17.9 Å². The molecule has 0 atom stereocenters. The number of ether oxygens (including phenoxy) is 1. The molecule has 31 heavy (non-hydrogen) atoms. The SMILES string of the molecule is COc1cc(CN(C)C(=O)c2nnn(-c3cccc4cnccc34)c2C)ccc1SC. The highest BCUT2D eigenvalue weighted by molar-refractivity contribution is 7.98. The quantitative estimate of drug-likeness (QED) is 0.426. The third-order valence-corrected chi connectivity index (χ3v) is 5.97. The molecule has 2 aromatic carbocycles. The lowest BCUT2D eigenvalue weighted by molar-refractivity contribution is 0.0778. The molecule has 0 aliphatic rings. The van der Waals surface area contributed by atoms with Crippen LogP contribution in [-0.2, 0) is 6.54 Å². The molecule has 0 fully saturated rings. The molecule has 2 aromatic heterocycles. The van der Waals surface area contributed by atoms with E-state index in [1.54, 1.807) is 41.7 Å². The van der Waals surface area contributed by atoms with E-state index in [1.165, 1.54) is 0 Å². The van der Waals surface area contributed by atoms with Gasteiger partial charge in [0.1, 0.15) is 5.75 Å². The second-order valence-electron chi connectivity index (χ2n) is 7.16. The van der Waals surface area contributed by atoms with Crippen LogP contribution in [0, 0.1) is 6.92 Å². The molecule has 0 spiro atoms. The highest BCUT2D eigenvalue weighted by atomic mass is 32.2. The fraction of sp³-hybridized carbons (Fsp3) is 0.217. The molecular weight excluding hydrogens is 410 g/mol. The van der Waals surface area contributed by atoms with E-state index in [2.05, 4.69) is 15.3 Å². The van der Waals surface area contributed by atoms with Crippen LogP contribution in [0.5, 0.6) is 5.75 Å². The van der Waals surface area contributed by atoms with Gasteiger partial charge in [0.2, 0.25) is 0 Å². The molecule has 0 saturated carbocycles. The number of carbonyl (C=O) groups is 1. The Morgan fingerprint density at radius 3 is 2.84 bits per heavy atom. The monoisotopic (exact) mass is 433 g/mol. The predicted molar refractivity (Wildman–Crippen MR) is 122 cm³/mol. The number of nitrogens with zero attached hydrogens (tertiary/aromatic N) is 5. The number of aromatic nitrogens is 4. The number of thioether (sulfide) groups is 1. The van der Waals surface area contributed by atoms with Crippen molar-refractivity contribution in [2.75, 3.05) is 20.4 Å². The maximum absolute atomic E-state index is 13.1. The molecule has 0 N–H and O–H groups in total. The Balaban J connectivity index is 1.61. The average Bonchev–Trinajstić information content (AvgIpc) is 3.18. The molecule has 0 unspecified atom stereocenters. The van der Waals surface area contributed by atoms with Gasteiger partial charge < -0.3 is 9.64 Å². The first-order valence-corrected chi connectivity index (χ1v) is 11.0. The molecule has 0 bridgehead atoms. The van der Waals surface area contributed by atoms with E-state index in [1.807, 2.05) is 61.8 Å². The Morgan fingerprint density at radius 1 is 1.23 bits per heavy atom. The summed E-state index contributed by atoms with van der Waals surface area (Å²) in [5.41, 5.74) is 2.87. The molecule has 7 nitrogen and oxygen atoms in total. The number of methoxy groups -OCH3 is 1. The molecular formula is C23H23N5O2S. The van der Waals surface area contributed by atoms with Crippen molar-refractivity contribution in [2.24, 2.45) is 0 Å². The Kier molecular flexibility index (Phi) is 5.90. The van der Waals surface area contributed by atoms with Gasteiger partial charge in [-0.15, -0.1) is 16.9 Å². The molecule has 2 heterocycles. The van der Waals surface area contributed by atoms with Crippen molar-refractivity contribution in [2.45, 2.75) is 18.4 Å². The molecule has 1 amide bonds. The zero-order valence-corrected chi connectivity index (χ0v) is 18.7. The van der Waals surface area contributed by atoms with E-state index in [4.69, 9.17) is 4.74 Å². The van der Waals surface area contributed by atoms with Crippen molar-refractivity contribution in [3.63, 3.8) is 0 Å². The van der Waals surface area contributed by atoms with Crippen molar-refractivity contribution in [1.29, 1.82) is 0 Å². The number of hydrogen-bond donors (Lipinski definition) is 0. The van der Waals surface area contributed by atoms with Gasteiger partial charge in [-0.25, -0.2) is 4.68 Å². The number of amides is 1. The molecule has 0 saturated heterocycles. The van der Waals surface area contributed by atoms with Gasteiger partial charge in [0.15, 0.2) is 5.69 Å². The van der Waals surface area contributed by atoms with Crippen LogP contribution in [0.15, 0.2) is 59.8 Å². The minimum atomic E-state index is -0.182. The summed E-state index contributed by atoms with van der Waals surface area (Å²) in [4.78, 5) is 20.0.